The smallest absolute Gasteiger partial charge is 0.124 e. The average Bonchev–Trinajstić information content (AvgIpc) is 2.45. The highest BCUT2D eigenvalue weighted by molar-refractivity contribution is 6.31. The number of hydrogen-bond donors (Lipinski definition) is 1. The molecule has 0 aliphatic heterocycles. The van der Waals surface area contributed by atoms with E-state index in [1.807, 2.05) is 12.1 Å². The Kier molecular flexibility index (Phi) is 5.85. The van der Waals surface area contributed by atoms with Gasteiger partial charge >= 0.3 is 0 Å². The number of hydrogen-bond acceptors (Lipinski definition) is 2. The lowest BCUT2D eigenvalue weighted by Crippen LogP contribution is -2.03. The van der Waals surface area contributed by atoms with Crippen LogP contribution in [0.25, 0.3) is 0 Å². The van der Waals surface area contributed by atoms with E-state index in [4.69, 9.17) is 33.7 Å². The lowest BCUT2D eigenvalue weighted by Gasteiger charge is -2.12. The maximum atomic E-state index is 13.0. The number of aryl methyl sites for hydroxylation is 1. The summed E-state index contributed by atoms with van der Waals surface area (Å²) in [5, 5.41) is 1.02. The third-order valence-electron chi connectivity index (χ3n) is 3.07. The first-order chi connectivity index (χ1) is 10.1. The molecular weight excluding hydrogens is 312 g/mol. The second-order valence-corrected chi connectivity index (χ2v) is 5.51. The predicted octanol–water partition coefficient (Wildman–Crippen LogP) is 4.60. The van der Waals surface area contributed by atoms with E-state index < -0.39 is 0 Å². The van der Waals surface area contributed by atoms with Gasteiger partial charge in [-0.3, -0.25) is 0 Å². The van der Waals surface area contributed by atoms with E-state index in [9.17, 15) is 4.39 Å². The summed E-state index contributed by atoms with van der Waals surface area (Å²) in [6.07, 6.45) is 1.65. The molecule has 0 radical (unpaired) electrons. The highest BCUT2D eigenvalue weighted by Crippen LogP contribution is 2.26. The summed E-state index contributed by atoms with van der Waals surface area (Å²) in [5.74, 6) is 0.382. The zero-order valence-corrected chi connectivity index (χ0v) is 12.9. The van der Waals surface area contributed by atoms with Crippen molar-refractivity contribution in [1.29, 1.82) is 0 Å². The fourth-order valence-corrected chi connectivity index (χ4v) is 2.39. The van der Waals surface area contributed by atoms with E-state index in [2.05, 4.69) is 0 Å². The zero-order chi connectivity index (χ0) is 15.2. The molecule has 2 aromatic rings. The molecule has 2 N–H and O–H groups in total. The van der Waals surface area contributed by atoms with Gasteiger partial charge in [-0.25, -0.2) is 4.39 Å². The molecule has 0 bridgehead atoms. The molecule has 112 valence electrons. The Balaban J connectivity index is 2.11. The standard InChI is InChI=1S/C16H16Cl2FNO/c17-13-4-6-16(11(8-13)2-1-7-20)21-10-12-3-5-14(19)9-15(12)18/h3-6,8-9H,1-2,7,10,20H2. The van der Waals surface area contributed by atoms with Gasteiger partial charge in [0.1, 0.15) is 18.2 Å². The predicted molar refractivity (Wildman–Crippen MR) is 84.6 cm³/mol. The third-order valence-corrected chi connectivity index (χ3v) is 3.66. The van der Waals surface area contributed by atoms with E-state index in [-0.39, 0.29) is 12.4 Å². The van der Waals surface area contributed by atoms with Gasteiger partial charge < -0.3 is 10.5 Å². The monoisotopic (exact) mass is 327 g/mol. The van der Waals surface area contributed by atoms with Crippen molar-refractivity contribution in [2.24, 2.45) is 5.73 Å². The zero-order valence-electron chi connectivity index (χ0n) is 11.4. The van der Waals surface area contributed by atoms with Crippen molar-refractivity contribution in [2.75, 3.05) is 6.54 Å². The van der Waals surface area contributed by atoms with Crippen LogP contribution in [-0.2, 0) is 13.0 Å². The largest absolute Gasteiger partial charge is 0.489 e. The van der Waals surface area contributed by atoms with E-state index in [0.29, 0.717) is 16.6 Å². The Morgan fingerprint density at radius 1 is 1.05 bits per heavy atom. The van der Waals surface area contributed by atoms with Gasteiger partial charge in [0.15, 0.2) is 0 Å². The molecule has 0 amide bonds. The van der Waals surface area contributed by atoms with E-state index >= 15 is 0 Å². The molecule has 2 nitrogen and oxygen atoms in total. The van der Waals surface area contributed by atoms with Gasteiger partial charge in [0.05, 0.1) is 5.02 Å². The molecule has 0 fully saturated rings. The van der Waals surface area contributed by atoms with Crippen LogP contribution >= 0.6 is 23.2 Å². The fraction of sp³-hybridized carbons (Fsp3) is 0.250. The van der Waals surface area contributed by atoms with Gasteiger partial charge in [0.2, 0.25) is 0 Å². The highest BCUT2D eigenvalue weighted by atomic mass is 35.5. The molecule has 2 aromatic carbocycles. The normalized spacial score (nSPS) is 10.7. The summed E-state index contributed by atoms with van der Waals surface area (Å²) >= 11 is 12.0. The molecule has 0 aliphatic carbocycles. The van der Waals surface area contributed by atoms with Crippen LogP contribution in [0.4, 0.5) is 4.39 Å². The molecule has 0 saturated carbocycles. The summed E-state index contributed by atoms with van der Waals surface area (Å²) in [6, 6.07) is 9.73. The summed E-state index contributed by atoms with van der Waals surface area (Å²) in [4.78, 5) is 0. The van der Waals surface area contributed by atoms with Crippen molar-refractivity contribution in [3.05, 3.63) is 63.4 Å². The first-order valence-electron chi connectivity index (χ1n) is 6.65. The summed E-state index contributed by atoms with van der Waals surface area (Å²) in [6.45, 7) is 0.881. The van der Waals surface area contributed by atoms with Crippen LogP contribution in [0, 0.1) is 5.82 Å². The van der Waals surface area contributed by atoms with Crippen LogP contribution in [0.2, 0.25) is 10.0 Å². The van der Waals surface area contributed by atoms with Crippen molar-refractivity contribution in [3.63, 3.8) is 0 Å². The van der Waals surface area contributed by atoms with Gasteiger partial charge in [-0.05, 0) is 55.3 Å². The molecule has 0 spiro atoms. The summed E-state index contributed by atoms with van der Waals surface area (Å²) < 4.78 is 18.8. The van der Waals surface area contributed by atoms with Crippen LogP contribution < -0.4 is 10.5 Å². The van der Waals surface area contributed by atoms with Gasteiger partial charge in [0, 0.05) is 10.6 Å². The lowest BCUT2D eigenvalue weighted by molar-refractivity contribution is 0.302. The molecule has 0 aromatic heterocycles. The molecule has 0 aliphatic rings. The van der Waals surface area contributed by atoms with Crippen molar-refractivity contribution < 1.29 is 9.13 Å². The first kappa shape index (κ1) is 16.1. The number of ether oxygens (including phenoxy) is 1. The number of benzene rings is 2. The molecule has 2 rings (SSSR count). The van der Waals surface area contributed by atoms with Crippen molar-refractivity contribution in [1.82, 2.24) is 0 Å². The molecule has 21 heavy (non-hydrogen) atoms. The fourth-order valence-electron chi connectivity index (χ4n) is 1.97. The van der Waals surface area contributed by atoms with Crippen LogP contribution in [0.3, 0.4) is 0 Å². The quantitative estimate of drug-likeness (QED) is 0.841. The minimum absolute atomic E-state index is 0.274. The van der Waals surface area contributed by atoms with Gasteiger partial charge in [-0.2, -0.15) is 0 Å². The maximum absolute atomic E-state index is 13.0. The van der Waals surface area contributed by atoms with Crippen LogP contribution in [0.15, 0.2) is 36.4 Å². The molecular formula is C16H16Cl2FNO. The lowest BCUT2D eigenvalue weighted by atomic mass is 10.1. The Hall–Kier alpha value is -1.29. The van der Waals surface area contributed by atoms with E-state index in [1.54, 1.807) is 12.1 Å². The number of nitrogens with two attached hydrogens (primary N) is 1. The second-order valence-electron chi connectivity index (χ2n) is 4.67. The van der Waals surface area contributed by atoms with Crippen LogP contribution in [0.1, 0.15) is 17.5 Å². The average molecular weight is 328 g/mol. The molecule has 0 heterocycles. The van der Waals surface area contributed by atoms with Crippen molar-refractivity contribution in [2.45, 2.75) is 19.4 Å². The third kappa shape index (κ3) is 4.60. The van der Waals surface area contributed by atoms with E-state index in [1.165, 1.54) is 12.1 Å². The minimum atomic E-state index is -0.362. The first-order valence-corrected chi connectivity index (χ1v) is 7.41. The second kappa shape index (κ2) is 7.64. The summed E-state index contributed by atoms with van der Waals surface area (Å²) in [7, 11) is 0. The van der Waals surface area contributed by atoms with E-state index in [0.717, 1.165) is 29.7 Å². The number of halogens is 3. The SMILES string of the molecule is NCCCc1cc(Cl)ccc1OCc1ccc(F)cc1Cl. The minimum Gasteiger partial charge on any atom is -0.489 e. The number of rotatable bonds is 6. The Morgan fingerprint density at radius 2 is 1.86 bits per heavy atom. The maximum Gasteiger partial charge on any atom is 0.124 e. The molecule has 0 saturated heterocycles. The van der Waals surface area contributed by atoms with Crippen molar-refractivity contribution in [3.8, 4) is 5.75 Å². The molecule has 5 heteroatoms. The van der Waals surface area contributed by atoms with Gasteiger partial charge in [-0.15, -0.1) is 0 Å². The molecule has 0 unspecified atom stereocenters. The Bertz CT molecular complexity index is 619. The van der Waals surface area contributed by atoms with Gasteiger partial charge in [-0.1, -0.05) is 29.3 Å². The Morgan fingerprint density at radius 3 is 2.57 bits per heavy atom. The molecule has 0 atom stereocenters. The summed E-state index contributed by atoms with van der Waals surface area (Å²) in [5.41, 5.74) is 7.28. The van der Waals surface area contributed by atoms with Crippen LogP contribution in [0.5, 0.6) is 5.75 Å². The topological polar surface area (TPSA) is 35.2 Å². The van der Waals surface area contributed by atoms with Crippen molar-refractivity contribution >= 4 is 23.2 Å². The van der Waals surface area contributed by atoms with Gasteiger partial charge in [0.25, 0.3) is 0 Å². The van der Waals surface area contributed by atoms with Crippen LogP contribution in [-0.4, -0.2) is 6.54 Å². The Labute approximate surface area is 133 Å². The highest BCUT2D eigenvalue weighted by Gasteiger charge is 2.07.